The lowest BCUT2D eigenvalue weighted by molar-refractivity contribution is -0.150. The summed E-state index contributed by atoms with van der Waals surface area (Å²) >= 11 is 3.45. The van der Waals surface area contributed by atoms with E-state index in [0.717, 1.165) is 11.0 Å². The maximum Gasteiger partial charge on any atom is 0.323 e. The van der Waals surface area contributed by atoms with Crippen LogP contribution in [-0.4, -0.2) is 18.1 Å². The fourth-order valence-corrected chi connectivity index (χ4v) is 2.37. The molecule has 1 unspecified atom stereocenters. The number of rotatable bonds is 2. The lowest BCUT2D eigenvalue weighted by Crippen LogP contribution is -2.43. The molecule has 1 aliphatic heterocycles. The Morgan fingerprint density at radius 3 is 2.83 bits per heavy atom. The fraction of sp³-hybridized carbons (Fsp3) is 0.462. The quantitative estimate of drug-likeness (QED) is 0.845. The molecule has 0 aromatic heterocycles. The molecule has 0 saturated heterocycles. The number of nitrogens with one attached hydrogen (secondary N) is 1. The zero-order valence-corrected chi connectivity index (χ0v) is 12.8. The topological polar surface area (TPSA) is 38.3 Å². The number of hydrogen-bond acceptors (Lipinski definition) is 3. The highest BCUT2D eigenvalue weighted by molar-refractivity contribution is 9.10. The van der Waals surface area contributed by atoms with Gasteiger partial charge in [0.15, 0.2) is 0 Å². The summed E-state index contributed by atoms with van der Waals surface area (Å²) in [7, 11) is 0. The minimum absolute atomic E-state index is 0. The molecule has 0 radical (unpaired) electrons. The van der Waals surface area contributed by atoms with Gasteiger partial charge in [-0.1, -0.05) is 22.0 Å². The fourth-order valence-electron chi connectivity index (χ4n) is 1.96. The van der Waals surface area contributed by atoms with Gasteiger partial charge >= 0.3 is 5.97 Å². The Morgan fingerprint density at radius 2 is 2.17 bits per heavy atom. The molecule has 1 aromatic carbocycles. The highest BCUT2D eigenvalue weighted by atomic mass is 79.9. The molecule has 1 N–H and O–H groups in total. The van der Waals surface area contributed by atoms with Crippen LogP contribution >= 0.6 is 28.3 Å². The summed E-state index contributed by atoms with van der Waals surface area (Å²) in [4.78, 5) is 11.8. The maximum absolute atomic E-state index is 11.8. The molecule has 18 heavy (non-hydrogen) atoms. The van der Waals surface area contributed by atoms with Gasteiger partial charge in [0.2, 0.25) is 0 Å². The number of carbonyl (C=O) groups is 1. The average molecular weight is 335 g/mol. The number of benzene rings is 1. The van der Waals surface area contributed by atoms with E-state index in [1.165, 1.54) is 11.1 Å². The van der Waals surface area contributed by atoms with Crippen molar-refractivity contribution >= 4 is 34.3 Å². The van der Waals surface area contributed by atoms with E-state index in [9.17, 15) is 4.79 Å². The zero-order valence-electron chi connectivity index (χ0n) is 10.4. The highest BCUT2D eigenvalue weighted by Gasteiger charge is 2.25. The van der Waals surface area contributed by atoms with E-state index in [0.29, 0.717) is 6.42 Å². The second-order valence-corrected chi connectivity index (χ2v) is 5.45. The van der Waals surface area contributed by atoms with Crippen molar-refractivity contribution in [3.63, 3.8) is 0 Å². The van der Waals surface area contributed by atoms with Crippen LogP contribution in [0.1, 0.15) is 25.0 Å². The van der Waals surface area contributed by atoms with Gasteiger partial charge in [0.1, 0.15) is 6.04 Å². The summed E-state index contributed by atoms with van der Waals surface area (Å²) in [5.41, 5.74) is 2.46. The Morgan fingerprint density at radius 1 is 1.44 bits per heavy atom. The Balaban J connectivity index is 0.00000162. The molecule has 0 bridgehead atoms. The summed E-state index contributed by atoms with van der Waals surface area (Å²) in [6.45, 7) is 4.46. The van der Waals surface area contributed by atoms with Gasteiger partial charge in [-0.25, -0.2) is 0 Å². The van der Waals surface area contributed by atoms with E-state index in [1.54, 1.807) is 0 Å². The second-order valence-electron chi connectivity index (χ2n) is 4.54. The minimum atomic E-state index is -0.223. The molecule has 3 nitrogen and oxygen atoms in total. The molecule has 2 rings (SSSR count). The lowest BCUT2D eigenvalue weighted by atomic mass is 9.96. The molecule has 0 fully saturated rings. The van der Waals surface area contributed by atoms with E-state index in [4.69, 9.17) is 4.74 Å². The molecular weight excluding hydrogens is 318 g/mol. The van der Waals surface area contributed by atoms with Gasteiger partial charge in [0.25, 0.3) is 0 Å². The standard InChI is InChI=1S/C13H16BrNO2.ClH/c1-8(2)17-13(16)12-6-10-5-11(14)4-3-9(10)7-15-12;/h3-5,8,12,15H,6-7H2,1-2H3;1H. The third-order valence-corrected chi connectivity index (χ3v) is 3.26. The molecule has 0 amide bonds. The lowest BCUT2D eigenvalue weighted by Gasteiger charge is -2.25. The molecule has 1 heterocycles. The van der Waals surface area contributed by atoms with Crippen LogP contribution in [0, 0.1) is 0 Å². The van der Waals surface area contributed by atoms with Crippen molar-refractivity contribution in [2.75, 3.05) is 0 Å². The molecule has 5 heteroatoms. The van der Waals surface area contributed by atoms with Gasteiger partial charge < -0.3 is 10.1 Å². The Bertz CT molecular complexity index is 437. The molecule has 1 aromatic rings. The van der Waals surface area contributed by atoms with E-state index in [-0.39, 0.29) is 30.5 Å². The number of fused-ring (bicyclic) bond motifs is 1. The number of halogens is 2. The van der Waals surface area contributed by atoms with Crippen LogP contribution in [0.2, 0.25) is 0 Å². The van der Waals surface area contributed by atoms with Gasteiger partial charge in [-0.3, -0.25) is 4.79 Å². The van der Waals surface area contributed by atoms with Crippen molar-refractivity contribution in [2.45, 2.75) is 39.0 Å². The van der Waals surface area contributed by atoms with Crippen LogP contribution < -0.4 is 5.32 Å². The number of carbonyl (C=O) groups excluding carboxylic acids is 1. The monoisotopic (exact) mass is 333 g/mol. The van der Waals surface area contributed by atoms with Gasteiger partial charge in [0.05, 0.1) is 6.10 Å². The first-order chi connectivity index (χ1) is 8.06. The summed E-state index contributed by atoms with van der Waals surface area (Å²) in [5.74, 6) is -0.161. The van der Waals surface area contributed by atoms with Gasteiger partial charge in [-0.15, -0.1) is 12.4 Å². The van der Waals surface area contributed by atoms with Gasteiger partial charge in [0, 0.05) is 11.0 Å². The second kappa shape index (κ2) is 6.55. The van der Waals surface area contributed by atoms with E-state index in [1.807, 2.05) is 19.9 Å². The zero-order chi connectivity index (χ0) is 12.4. The molecule has 0 spiro atoms. The van der Waals surface area contributed by atoms with Crippen molar-refractivity contribution in [2.24, 2.45) is 0 Å². The molecule has 1 aliphatic rings. The van der Waals surface area contributed by atoms with Crippen LogP contribution in [-0.2, 0) is 22.5 Å². The summed E-state index contributed by atoms with van der Waals surface area (Å²) in [5, 5.41) is 3.21. The number of hydrogen-bond donors (Lipinski definition) is 1. The normalized spacial score (nSPS) is 17.9. The van der Waals surface area contributed by atoms with Crippen LogP contribution in [0.25, 0.3) is 0 Å². The van der Waals surface area contributed by atoms with Crippen LogP contribution in [0.3, 0.4) is 0 Å². The Hall–Kier alpha value is -0.580. The van der Waals surface area contributed by atoms with Crippen LogP contribution in [0.4, 0.5) is 0 Å². The first-order valence-electron chi connectivity index (χ1n) is 5.77. The van der Waals surface area contributed by atoms with E-state index < -0.39 is 0 Å². The number of ether oxygens (including phenoxy) is 1. The van der Waals surface area contributed by atoms with Crippen LogP contribution in [0.5, 0.6) is 0 Å². The summed E-state index contributed by atoms with van der Waals surface area (Å²) in [6.07, 6.45) is 0.633. The Labute approximate surface area is 122 Å². The SMILES string of the molecule is CC(C)OC(=O)C1Cc2cc(Br)ccc2CN1.Cl. The maximum atomic E-state index is 11.8. The van der Waals surface area contributed by atoms with Crippen molar-refractivity contribution in [3.8, 4) is 0 Å². The molecule has 100 valence electrons. The summed E-state index contributed by atoms with van der Waals surface area (Å²) < 4.78 is 6.27. The third kappa shape index (κ3) is 3.70. The van der Waals surface area contributed by atoms with Gasteiger partial charge in [-0.05, 0) is 43.5 Å². The Kier molecular flexibility index (Phi) is 5.63. The first kappa shape index (κ1) is 15.5. The third-order valence-electron chi connectivity index (χ3n) is 2.77. The molecular formula is C13H17BrClNO2. The van der Waals surface area contributed by atoms with Crippen molar-refractivity contribution in [1.29, 1.82) is 0 Å². The average Bonchev–Trinajstić information content (AvgIpc) is 2.27. The number of esters is 1. The van der Waals surface area contributed by atoms with Crippen molar-refractivity contribution in [3.05, 3.63) is 33.8 Å². The van der Waals surface area contributed by atoms with Gasteiger partial charge in [-0.2, -0.15) is 0 Å². The largest absolute Gasteiger partial charge is 0.462 e. The van der Waals surface area contributed by atoms with Crippen molar-refractivity contribution < 1.29 is 9.53 Å². The predicted molar refractivity (Wildman–Crippen MR) is 76.9 cm³/mol. The van der Waals surface area contributed by atoms with Crippen molar-refractivity contribution in [1.82, 2.24) is 5.32 Å². The molecule has 0 saturated carbocycles. The highest BCUT2D eigenvalue weighted by Crippen LogP contribution is 2.22. The van der Waals surface area contributed by atoms with E-state index >= 15 is 0 Å². The smallest absolute Gasteiger partial charge is 0.323 e. The minimum Gasteiger partial charge on any atom is -0.462 e. The van der Waals surface area contributed by atoms with E-state index in [2.05, 4.69) is 33.4 Å². The van der Waals surface area contributed by atoms with Crippen LogP contribution in [0.15, 0.2) is 22.7 Å². The molecule has 0 aliphatic carbocycles. The molecule has 1 atom stereocenters. The first-order valence-corrected chi connectivity index (χ1v) is 6.56. The summed E-state index contributed by atoms with van der Waals surface area (Å²) in [6, 6.07) is 5.95. The predicted octanol–water partition coefficient (Wildman–Crippen LogP) is 2.84.